The number of carbonyl (C=O) groups is 1. The molecule has 2 saturated heterocycles. The van der Waals surface area contributed by atoms with Gasteiger partial charge < -0.3 is 24.2 Å². The summed E-state index contributed by atoms with van der Waals surface area (Å²) in [7, 11) is 1.67. The first-order valence-electron chi connectivity index (χ1n) is 12.2. The van der Waals surface area contributed by atoms with E-state index in [2.05, 4.69) is 15.9 Å². The van der Waals surface area contributed by atoms with Gasteiger partial charge in [0.05, 0.1) is 41.9 Å². The summed E-state index contributed by atoms with van der Waals surface area (Å²) in [5.41, 5.74) is 2.94. The van der Waals surface area contributed by atoms with Crippen LogP contribution < -0.4 is 14.5 Å². The van der Waals surface area contributed by atoms with E-state index in [1.54, 1.807) is 19.2 Å². The number of anilines is 2. The van der Waals surface area contributed by atoms with Gasteiger partial charge in [-0.15, -0.1) is 0 Å². The standard InChI is InChI=1S/C26H32N4O5/c1-17-14-28(15-18(2)35-17)26(31)21-13-19-12-20(30(32)33)8-9-22(19)29-11-10-27(16-24(21)29)23-6-4-5-7-25(23)34-3/h4-9,12,17-18,21,24H,10-11,13-16H2,1-3H3. The second-order valence-electron chi connectivity index (χ2n) is 9.76. The number of nitrogens with zero attached hydrogens (tertiary/aromatic N) is 4. The molecule has 5 rings (SSSR count). The van der Waals surface area contributed by atoms with Gasteiger partial charge in [-0.25, -0.2) is 0 Å². The predicted octanol–water partition coefficient (Wildman–Crippen LogP) is 3.11. The minimum Gasteiger partial charge on any atom is -0.495 e. The lowest BCUT2D eigenvalue weighted by Gasteiger charge is -2.50. The summed E-state index contributed by atoms with van der Waals surface area (Å²) in [5.74, 6) is 0.604. The van der Waals surface area contributed by atoms with E-state index < -0.39 is 0 Å². The average Bonchev–Trinajstić information content (AvgIpc) is 2.86. The minimum atomic E-state index is -0.367. The molecule has 0 saturated carbocycles. The van der Waals surface area contributed by atoms with Crippen LogP contribution in [0, 0.1) is 16.0 Å². The summed E-state index contributed by atoms with van der Waals surface area (Å²) in [4.78, 5) is 31.5. The number of hydrogen-bond acceptors (Lipinski definition) is 7. The molecule has 4 unspecified atom stereocenters. The van der Waals surface area contributed by atoms with Crippen LogP contribution in [-0.4, -0.2) is 73.8 Å². The van der Waals surface area contributed by atoms with Crippen molar-refractivity contribution in [3.8, 4) is 5.75 Å². The summed E-state index contributed by atoms with van der Waals surface area (Å²) >= 11 is 0. The van der Waals surface area contributed by atoms with E-state index in [9.17, 15) is 14.9 Å². The fraction of sp³-hybridized carbons (Fsp3) is 0.500. The third-order valence-electron chi connectivity index (χ3n) is 7.38. The Labute approximate surface area is 205 Å². The molecule has 3 aliphatic heterocycles. The Bertz CT molecular complexity index is 1110. The zero-order chi connectivity index (χ0) is 24.7. The maximum Gasteiger partial charge on any atom is 0.269 e. The van der Waals surface area contributed by atoms with Crippen LogP contribution in [0.4, 0.5) is 17.1 Å². The molecule has 0 aromatic heterocycles. The highest BCUT2D eigenvalue weighted by molar-refractivity contribution is 5.83. The van der Waals surface area contributed by atoms with Crippen LogP contribution in [0.25, 0.3) is 0 Å². The fourth-order valence-electron chi connectivity index (χ4n) is 5.91. The largest absolute Gasteiger partial charge is 0.495 e. The zero-order valence-corrected chi connectivity index (χ0v) is 20.4. The number of benzene rings is 2. The highest BCUT2D eigenvalue weighted by atomic mass is 16.6. The summed E-state index contributed by atoms with van der Waals surface area (Å²) < 4.78 is 11.5. The van der Waals surface area contributed by atoms with Crippen LogP contribution in [0.5, 0.6) is 5.75 Å². The monoisotopic (exact) mass is 480 g/mol. The van der Waals surface area contributed by atoms with Gasteiger partial charge >= 0.3 is 0 Å². The first-order chi connectivity index (χ1) is 16.9. The SMILES string of the molecule is COc1ccccc1N1CCN2c3ccc([N+](=O)[O-])cc3CC(C(=O)N3CC(C)OC(C)C3)C2C1. The van der Waals surface area contributed by atoms with E-state index in [4.69, 9.17) is 9.47 Å². The number of piperazine rings is 1. The third kappa shape index (κ3) is 4.40. The Morgan fingerprint density at radius 1 is 1.06 bits per heavy atom. The molecule has 2 fully saturated rings. The van der Waals surface area contributed by atoms with E-state index in [0.717, 1.165) is 29.2 Å². The average molecular weight is 481 g/mol. The van der Waals surface area contributed by atoms with Gasteiger partial charge in [-0.05, 0) is 44.0 Å². The lowest BCUT2D eigenvalue weighted by Crippen LogP contribution is -2.62. The van der Waals surface area contributed by atoms with Crippen LogP contribution in [0.15, 0.2) is 42.5 Å². The number of morpholine rings is 1. The number of ether oxygens (including phenoxy) is 2. The molecule has 0 radical (unpaired) electrons. The van der Waals surface area contributed by atoms with Gasteiger partial charge in [-0.3, -0.25) is 14.9 Å². The predicted molar refractivity (Wildman–Crippen MR) is 133 cm³/mol. The second kappa shape index (κ2) is 9.37. The Balaban J connectivity index is 1.50. The molecule has 186 valence electrons. The maximum absolute atomic E-state index is 14.0. The zero-order valence-electron chi connectivity index (χ0n) is 20.4. The van der Waals surface area contributed by atoms with Crippen LogP contribution in [0.1, 0.15) is 19.4 Å². The molecule has 35 heavy (non-hydrogen) atoms. The number of methoxy groups -OCH3 is 1. The highest BCUT2D eigenvalue weighted by Crippen LogP contribution is 2.40. The topological polar surface area (TPSA) is 88.4 Å². The van der Waals surface area contributed by atoms with E-state index in [1.165, 1.54) is 0 Å². The molecule has 0 spiro atoms. The normalized spacial score (nSPS) is 26.1. The van der Waals surface area contributed by atoms with Crippen LogP contribution in [0.2, 0.25) is 0 Å². The lowest BCUT2D eigenvalue weighted by molar-refractivity contribution is -0.384. The maximum atomic E-state index is 14.0. The Hall–Kier alpha value is -3.33. The third-order valence-corrected chi connectivity index (χ3v) is 7.38. The number of nitro benzene ring substituents is 1. The van der Waals surface area contributed by atoms with Gasteiger partial charge in [-0.2, -0.15) is 0 Å². The van der Waals surface area contributed by atoms with Crippen molar-refractivity contribution >= 4 is 23.0 Å². The number of non-ortho nitro benzene ring substituents is 1. The molecular weight excluding hydrogens is 448 g/mol. The summed E-state index contributed by atoms with van der Waals surface area (Å²) in [6, 6.07) is 13.0. The van der Waals surface area contributed by atoms with Crippen LogP contribution in [0.3, 0.4) is 0 Å². The number of amides is 1. The van der Waals surface area contributed by atoms with Gasteiger partial charge in [0.2, 0.25) is 5.91 Å². The highest BCUT2D eigenvalue weighted by Gasteiger charge is 2.44. The van der Waals surface area contributed by atoms with Crippen molar-refractivity contribution in [2.75, 3.05) is 49.6 Å². The van der Waals surface area contributed by atoms with Crippen LogP contribution in [-0.2, 0) is 16.0 Å². The number of rotatable bonds is 4. The molecule has 1 amide bonds. The molecule has 3 heterocycles. The molecule has 0 aliphatic carbocycles. The van der Waals surface area contributed by atoms with Gasteiger partial charge in [0.25, 0.3) is 5.69 Å². The quantitative estimate of drug-likeness (QED) is 0.491. The molecule has 9 heteroatoms. The Morgan fingerprint density at radius 2 is 1.80 bits per heavy atom. The van der Waals surface area contributed by atoms with E-state index in [0.29, 0.717) is 32.6 Å². The van der Waals surface area contributed by atoms with E-state index >= 15 is 0 Å². The Kier molecular flexibility index (Phi) is 6.27. The Morgan fingerprint density at radius 3 is 2.51 bits per heavy atom. The molecule has 9 nitrogen and oxygen atoms in total. The molecule has 0 N–H and O–H groups in total. The summed E-state index contributed by atoms with van der Waals surface area (Å²) in [5, 5.41) is 11.4. The number of carbonyl (C=O) groups excluding carboxylic acids is 1. The fourth-order valence-corrected chi connectivity index (χ4v) is 5.91. The molecule has 2 aromatic carbocycles. The number of fused-ring (bicyclic) bond motifs is 3. The molecule has 4 atom stereocenters. The van der Waals surface area contributed by atoms with Crippen molar-refractivity contribution in [1.29, 1.82) is 0 Å². The first-order valence-corrected chi connectivity index (χ1v) is 12.2. The lowest BCUT2D eigenvalue weighted by atomic mass is 9.82. The van der Waals surface area contributed by atoms with Crippen molar-refractivity contribution in [3.05, 3.63) is 58.1 Å². The van der Waals surface area contributed by atoms with Crippen molar-refractivity contribution < 1.29 is 19.2 Å². The van der Waals surface area contributed by atoms with Gasteiger partial charge in [-0.1, -0.05) is 12.1 Å². The van der Waals surface area contributed by atoms with E-state index in [-0.39, 0.29) is 40.7 Å². The number of hydrogen-bond donors (Lipinski definition) is 0. The molecule has 3 aliphatic rings. The second-order valence-corrected chi connectivity index (χ2v) is 9.76. The first kappa shape index (κ1) is 23.4. The van der Waals surface area contributed by atoms with Crippen LogP contribution >= 0.6 is 0 Å². The minimum absolute atomic E-state index is 0.0211. The molecule has 0 bridgehead atoms. The van der Waals surface area contributed by atoms with Crippen molar-refractivity contribution in [3.63, 3.8) is 0 Å². The smallest absolute Gasteiger partial charge is 0.269 e. The summed E-state index contributed by atoms with van der Waals surface area (Å²) in [6.45, 7) is 7.25. The van der Waals surface area contributed by atoms with Crippen molar-refractivity contribution in [2.45, 2.75) is 38.5 Å². The molecule has 2 aromatic rings. The van der Waals surface area contributed by atoms with Gasteiger partial charge in [0.15, 0.2) is 0 Å². The van der Waals surface area contributed by atoms with Crippen molar-refractivity contribution in [1.82, 2.24) is 4.90 Å². The summed E-state index contributed by atoms with van der Waals surface area (Å²) in [6.07, 6.45) is 0.441. The van der Waals surface area contributed by atoms with Gasteiger partial charge in [0, 0.05) is 50.5 Å². The van der Waals surface area contributed by atoms with Crippen molar-refractivity contribution in [2.24, 2.45) is 5.92 Å². The molecular formula is C26H32N4O5. The van der Waals surface area contributed by atoms with Gasteiger partial charge in [0.1, 0.15) is 5.75 Å². The number of nitro groups is 1. The van der Waals surface area contributed by atoms with E-state index in [1.807, 2.05) is 43.0 Å². The number of para-hydroxylation sites is 2.